The van der Waals surface area contributed by atoms with E-state index in [0.29, 0.717) is 11.5 Å². The third kappa shape index (κ3) is 3.99. The Hall–Kier alpha value is -3.60. The summed E-state index contributed by atoms with van der Waals surface area (Å²) >= 11 is 0. The van der Waals surface area contributed by atoms with E-state index in [1.807, 2.05) is 49.4 Å². The van der Waals surface area contributed by atoms with Crippen molar-refractivity contribution in [2.75, 3.05) is 11.5 Å². The molecule has 0 fully saturated rings. The molecule has 1 heterocycles. The summed E-state index contributed by atoms with van der Waals surface area (Å²) < 4.78 is 11.1. The van der Waals surface area contributed by atoms with Crippen molar-refractivity contribution in [3.05, 3.63) is 90.0 Å². The standard InChI is InChI=1S/C24H21NO4/c1-17-15-18-9-5-7-13-21(18)25(17)23(26)16-28-24(27)20-12-6-8-14-22(20)29-19-10-3-2-4-11-19/h2-14,17H,15-16H2,1H3/t17-/m0/s1. The molecule has 0 saturated carbocycles. The van der Waals surface area contributed by atoms with E-state index in [2.05, 4.69) is 0 Å². The van der Waals surface area contributed by atoms with Crippen molar-refractivity contribution in [1.29, 1.82) is 0 Å². The highest BCUT2D eigenvalue weighted by atomic mass is 16.5. The van der Waals surface area contributed by atoms with Crippen molar-refractivity contribution in [1.82, 2.24) is 0 Å². The lowest BCUT2D eigenvalue weighted by Gasteiger charge is -2.22. The van der Waals surface area contributed by atoms with Gasteiger partial charge in [0.15, 0.2) is 6.61 Å². The van der Waals surface area contributed by atoms with Crippen LogP contribution in [0.2, 0.25) is 0 Å². The molecule has 1 aliphatic heterocycles. The predicted octanol–water partition coefficient (Wildman–Crippen LogP) is 4.61. The van der Waals surface area contributed by atoms with Crippen LogP contribution in [0.25, 0.3) is 0 Å². The fourth-order valence-electron chi connectivity index (χ4n) is 3.56. The van der Waals surface area contributed by atoms with Crippen molar-refractivity contribution in [3.63, 3.8) is 0 Å². The van der Waals surface area contributed by atoms with Crippen LogP contribution in [0, 0.1) is 0 Å². The number of hydrogen-bond acceptors (Lipinski definition) is 4. The number of ether oxygens (including phenoxy) is 2. The van der Waals surface area contributed by atoms with Gasteiger partial charge in [-0.15, -0.1) is 0 Å². The van der Waals surface area contributed by atoms with E-state index in [-0.39, 0.29) is 24.1 Å². The van der Waals surface area contributed by atoms with Crippen molar-refractivity contribution in [2.24, 2.45) is 0 Å². The Kier molecular flexibility index (Phi) is 5.29. The minimum Gasteiger partial charge on any atom is -0.456 e. The first-order valence-electron chi connectivity index (χ1n) is 9.52. The van der Waals surface area contributed by atoms with E-state index in [1.165, 1.54) is 0 Å². The van der Waals surface area contributed by atoms with Gasteiger partial charge in [0, 0.05) is 11.7 Å². The molecule has 1 amide bonds. The molecule has 29 heavy (non-hydrogen) atoms. The van der Waals surface area contributed by atoms with Gasteiger partial charge in [-0.1, -0.05) is 48.5 Å². The largest absolute Gasteiger partial charge is 0.456 e. The zero-order valence-electron chi connectivity index (χ0n) is 16.1. The van der Waals surface area contributed by atoms with Crippen LogP contribution < -0.4 is 9.64 Å². The zero-order valence-corrected chi connectivity index (χ0v) is 16.1. The van der Waals surface area contributed by atoms with Crippen molar-refractivity contribution < 1.29 is 19.1 Å². The highest BCUT2D eigenvalue weighted by Crippen LogP contribution is 2.32. The SMILES string of the molecule is C[C@H]1Cc2ccccc2N1C(=O)COC(=O)c1ccccc1Oc1ccccc1. The number of para-hydroxylation sites is 3. The molecule has 146 valence electrons. The van der Waals surface area contributed by atoms with Gasteiger partial charge in [-0.2, -0.15) is 0 Å². The van der Waals surface area contributed by atoms with Crippen LogP contribution in [-0.2, 0) is 16.0 Å². The third-order valence-corrected chi connectivity index (χ3v) is 4.88. The normalized spacial score (nSPS) is 14.9. The molecule has 5 heteroatoms. The van der Waals surface area contributed by atoms with Gasteiger partial charge in [-0.05, 0) is 49.2 Å². The second-order valence-electron chi connectivity index (χ2n) is 6.93. The molecule has 0 saturated heterocycles. The van der Waals surface area contributed by atoms with Crippen LogP contribution >= 0.6 is 0 Å². The number of amides is 1. The fourth-order valence-corrected chi connectivity index (χ4v) is 3.56. The maximum Gasteiger partial charge on any atom is 0.342 e. The van der Waals surface area contributed by atoms with E-state index in [0.717, 1.165) is 17.7 Å². The number of carbonyl (C=O) groups excluding carboxylic acids is 2. The molecule has 0 bridgehead atoms. The summed E-state index contributed by atoms with van der Waals surface area (Å²) in [5.41, 5.74) is 2.29. The minimum atomic E-state index is -0.593. The molecule has 3 aromatic carbocycles. The van der Waals surface area contributed by atoms with Crippen LogP contribution in [-0.4, -0.2) is 24.5 Å². The Morgan fingerprint density at radius 1 is 0.931 bits per heavy atom. The Balaban J connectivity index is 1.45. The van der Waals surface area contributed by atoms with Gasteiger partial charge in [-0.3, -0.25) is 4.79 Å². The van der Waals surface area contributed by atoms with Gasteiger partial charge in [-0.25, -0.2) is 4.79 Å². The first kappa shape index (κ1) is 18.7. The molecule has 0 aliphatic carbocycles. The van der Waals surface area contributed by atoms with Gasteiger partial charge in [0.1, 0.15) is 17.1 Å². The molecule has 0 radical (unpaired) electrons. The van der Waals surface area contributed by atoms with Crippen LogP contribution in [0.3, 0.4) is 0 Å². The molecular weight excluding hydrogens is 366 g/mol. The molecule has 5 nitrogen and oxygen atoms in total. The summed E-state index contributed by atoms with van der Waals surface area (Å²) in [7, 11) is 0. The van der Waals surface area contributed by atoms with Crippen molar-refractivity contribution in [3.8, 4) is 11.5 Å². The van der Waals surface area contributed by atoms with E-state index < -0.39 is 5.97 Å². The van der Waals surface area contributed by atoms with Crippen molar-refractivity contribution >= 4 is 17.6 Å². The lowest BCUT2D eigenvalue weighted by Crippen LogP contribution is -2.38. The van der Waals surface area contributed by atoms with Crippen LogP contribution in [0.4, 0.5) is 5.69 Å². The second-order valence-corrected chi connectivity index (χ2v) is 6.93. The monoisotopic (exact) mass is 387 g/mol. The Labute approximate surface area is 169 Å². The van der Waals surface area contributed by atoms with Gasteiger partial charge in [0.2, 0.25) is 0 Å². The Morgan fingerprint density at radius 2 is 1.62 bits per heavy atom. The van der Waals surface area contributed by atoms with Crippen molar-refractivity contribution in [2.45, 2.75) is 19.4 Å². The van der Waals surface area contributed by atoms with Gasteiger partial charge >= 0.3 is 5.97 Å². The quantitative estimate of drug-likeness (QED) is 0.600. The second kappa shape index (κ2) is 8.19. The lowest BCUT2D eigenvalue weighted by molar-refractivity contribution is -0.122. The maximum absolute atomic E-state index is 12.7. The molecule has 0 N–H and O–H groups in total. The molecule has 0 spiro atoms. The van der Waals surface area contributed by atoms with Crippen LogP contribution in [0.5, 0.6) is 11.5 Å². The lowest BCUT2D eigenvalue weighted by atomic mass is 10.1. The minimum absolute atomic E-state index is 0.0345. The highest BCUT2D eigenvalue weighted by Gasteiger charge is 2.31. The number of fused-ring (bicyclic) bond motifs is 1. The summed E-state index contributed by atoms with van der Waals surface area (Å²) in [6.45, 7) is 1.67. The van der Waals surface area contributed by atoms with Crippen LogP contribution in [0.15, 0.2) is 78.9 Å². The van der Waals surface area contributed by atoms with E-state index in [4.69, 9.17) is 9.47 Å². The number of rotatable bonds is 5. The smallest absolute Gasteiger partial charge is 0.342 e. The van der Waals surface area contributed by atoms with Gasteiger partial charge < -0.3 is 14.4 Å². The van der Waals surface area contributed by atoms with E-state index in [9.17, 15) is 9.59 Å². The third-order valence-electron chi connectivity index (χ3n) is 4.88. The summed E-state index contributed by atoms with van der Waals surface area (Å²) in [5, 5.41) is 0. The molecule has 1 aliphatic rings. The molecule has 3 aromatic rings. The number of esters is 1. The topological polar surface area (TPSA) is 55.8 Å². The number of benzene rings is 3. The number of carbonyl (C=O) groups is 2. The molecule has 4 rings (SSSR count). The fraction of sp³-hybridized carbons (Fsp3) is 0.167. The average Bonchev–Trinajstić information content (AvgIpc) is 3.08. The Morgan fingerprint density at radius 3 is 2.45 bits per heavy atom. The van der Waals surface area contributed by atoms with Gasteiger partial charge in [0.25, 0.3) is 5.91 Å². The van der Waals surface area contributed by atoms with E-state index >= 15 is 0 Å². The summed E-state index contributed by atoms with van der Waals surface area (Å²) in [6, 6.07) is 23.9. The maximum atomic E-state index is 12.7. The number of hydrogen-bond donors (Lipinski definition) is 0. The summed E-state index contributed by atoms with van der Waals surface area (Å²) in [5.74, 6) is 0.171. The van der Waals surface area contributed by atoms with Crippen LogP contribution in [0.1, 0.15) is 22.8 Å². The molecule has 1 atom stereocenters. The molecule has 0 unspecified atom stereocenters. The summed E-state index contributed by atoms with van der Waals surface area (Å²) in [4.78, 5) is 27.1. The number of nitrogens with zero attached hydrogens (tertiary/aromatic N) is 1. The first-order chi connectivity index (χ1) is 14.1. The first-order valence-corrected chi connectivity index (χ1v) is 9.52. The van der Waals surface area contributed by atoms with E-state index in [1.54, 1.807) is 41.3 Å². The molecular formula is C24H21NO4. The molecule has 0 aromatic heterocycles. The summed E-state index contributed by atoms with van der Waals surface area (Å²) in [6.07, 6.45) is 0.795. The Bertz CT molecular complexity index is 1030. The van der Waals surface area contributed by atoms with Gasteiger partial charge in [0.05, 0.1) is 0 Å². The average molecular weight is 387 g/mol. The zero-order chi connectivity index (χ0) is 20.2. The predicted molar refractivity (Wildman–Crippen MR) is 110 cm³/mol. The number of anilines is 1. The highest BCUT2D eigenvalue weighted by molar-refractivity contribution is 5.99.